The van der Waals surface area contributed by atoms with Gasteiger partial charge in [-0.05, 0) is 158 Å². The molecule has 0 radical (unpaired) electrons. The van der Waals surface area contributed by atoms with E-state index in [1.165, 1.54) is 124 Å². The van der Waals surface area contributed by atoms with E-state index in [1.807, 2.05) is 0 Å². The van der Waals surface area contributed by atoms with Gasteiger partial charge in [-0.2, -0.15) is 0 Å². The highest BCUT2D eigenvalue weighted by molar-refractivity contribution is 7.33. The molecule has 7 aromatic rings. The number of thiophene rings is 1. The van der Waals surface area contributed by atoms with Gasteiger partial charge < -0.3 is 9.80 Å². The monoisotopic (exact) mass is 929 g/mol. The van der Waals surface area contributed by atoms with Gasteiger partial charge in [0.1, 0.15) is 0 Å². The standard InChI is InChI=1S/C63H73BN2SSi/c1-38-31-54-57-55(32-38)66(52-29-27-46(68(13,14)15)34-48(52)40-18-20-42(21-19-40)60(3,4)5)58-49-35-50-47(39(2)41-17-16-30-63(50,12)37-41)36-56(49)67-59(58)64(57)51-33-44(62(9,10)11)24-28-53(51)65(54)45-25-22-43(23-26-45)61(6,7)8/h18-29,31-36,39,41H,16-17,30,37H2,1-15H3. The molecule has 0 saturated heterocycles. The van der Waals surface area contributed by atoms with E-state index in [1.54, 1.807) is 11.1 Å². The van der Waals surface area contributed by atoms with E-state index < -0.39 is 8.07 Å². The second-order valence-electron chi connectivity index (χ2n) is 25.9. The number of rotatable bonds is 4. The lowest BCUT2D eigenvalue weighted by molar-refractivity contribution is 0.191. The van der Waals surface area contributed by atoms with Gasteiger partial charge >= 0.3 is 0 Å². The predicted octanol–water partition coefficient (Wildman–Crippen LogP) is 16.0. The summed E-state index contributed by atoms with van der Waals surface area (Å²) in [7, 11) is -1.70. The Bertz CT molecular complexity index is 3170. The van der Waals surface area contributed by atoms with Crippen LogP contribution in [0.15, 0.2) is 109 Å². The number of anilines is 6. The van der Waals surface area contributed by atoms with Gasteiger partial charge in [0.05, 0.1) is 19.4 Å². The van der Waals surface area contributed by atoms with Crippen LogP contribution in [0, 0.1) is 12.8 Å². The Labute approximate surface area is 414 Å². The summed E-state index contributed by atoms with van der Waals surface area (Å²) in [5, 5.41) is 2.91. The highest BCUT2D eigenvalue weighted by Crippen LogP contribution is 2.57. The molecule has 2 bridgehead atoms. The van der Waals surface area contributed by atoms with Crippen LogP contribution in [0.5, 0.6) is 0 Å². The highest BCUT2D eigenvalue weighted by atomic mass is 32.1. The summed E-state index contributed by atoms with van der Waals surface area (Å²) in [5.74, 6) is 1.34. The summed E-state index contributed by atoms with van der Waals surface area (Å²) >= 11 is 2.08. The van der Waals surface area contributed by atoms with Crippen molar-refractivity contribution in [2.75, 3.05) is 9.80 Å². The van der Waals surface area contributed by atoms with Crippen LogP contribution in [0.2, 0.25) is 19.6 Å². The van der Waals surface area contributed by atoms with Gasteiger partial charge in [0.15, 0.2) is 0 Å². The molecule has 0 N–H and O–H groups in total. The molecule has 1 fully saturated rings. The van der Waals surface area contributed by atoms with Gasteiger partial charge in [-0.25, -0.2) is 0 Å². The average Bonchev–Trinajstić information content (AvgIpc) is 3.64. The molecule has 2 nitrogen and oxygen atoms in total. The van der Waals surface area contributed by atoms with Crippen molar-refractivity contribution in [1.29, 1.82) is 0 Å². The maximum absolute atomic E-state index is 2.77. The van der Waals surface area contributed by atoms with Crippen LogP contribution in [0.4, 0.5) is 34.1 Å². The third kappa shape index (κ3) is 7.22. The Kier molecular flexibility index (Phi) is 10.3. The molecule has 1 saturated carbocycles. The van der Waals surface area contributed by atoms with Crippen LogP contribution in [0.3, 0.4) is 0 Å². The van der Waals surface area contributed by atoms with Gasteiger partial charge in [0.25, 0.3) is 6.71 Å². The Morgan fingerprint density at radius 3 is 1.90 bits per heavy atom. The first-order chi connectivity index (χ1) is 31.9. The summed E-state index contributed by atoms with van der Waals surface area (Å²) < 4.78 is 2.91. The fourth-order valence-electron chi connectivity index (χ4n) is 12.7. The number of benzene rings is 6. The molecule has 68 heavy (non-hydrogen) atoms. The Hall–Kier alpha value is -4.84. The van der Waals surface area contributed by atoms with E-state index in [-0.39, 0.29) is 28.4 Å². The van der Waals surface area contributed by atoms with Crippen molar-refractivity contribution in [2.45, 2.75) is 156 Å². The van der Waals surface area contributed by atoms with Crippen LogP contribution in [-0.2, 0) is 21.7 Å². The summed E-state index contributed by atoms with van der Waals surface area (Å²) in [4.78, 5) is 5.37. The SMILES string of the molecule is Cc1cc2c3c(c1)N(c1ccc([Si](C)(C)C)cc1-c1ccc(C(C)(C)C)cc1)c1c(sc4cc5c(cc14)C1(C)CCCC(C1)C5C)B3c1cc(C(C)(C)C)ccc1N2c1ccc(C(C)(C)C)cc1. The third-order valence-corrected chi connectivity index (χ3v) is 20.1. The normalized spacial score (nSPS) is 20.0. The maximum atomic E-state index is 2.77. The Morgan fingerprint density at radius 2 is 1.26 bits per heavy atom. The molecule has 1 aromatic heterocycles. The molecular weight excluding hydrogens is 856 g/mol. The lowest BCUT2D eigenvalue weighted by Gasteiger charge is -2.47. The molecular formula is C63H73BN2SSi. The van der Waals surface area contributed by atoms with Crippen LogP contribution in [0.25, 0.3) is 21.2 Å². The minimum absolute atomic E-state index is 0.00763. The summed E-state index contributed by atoms with van der Waals surface area (Å²) in [6.45, 7) is 36.1. The Morgan fingerprint density at radius 1 is 0.662 bits per heavy atom. The first-order valence-electron chi connectivity index (χ1n) is 25.8. The smallest absolute Gasteiger partial charge is 0.264 e. The second kappa shape index (κ2) is 15.3. The number of aryl methyl sites for hydroxylation is 1. The number of fused-ring (bicyclic) bond motifs is 10. The van der Waals surface area contributed by atoms with Crippen LogP contribution in [-0.4, -0.2) is 14.8 Å². The van der Waals surface area contributed by atoms with Crippen molar-refractivity contribution in [3.63, 3.8) is 0 Å². The molecule has 3 heterocycles. The molecule has 6 aromatic carbocycles. The quantitative estimate of drug-likeness (QED) is 0.162. The summed E-state index contributed by atoms with van der Waals surface area (Å²) in [6, 6.07) is 44.5. The molecule has 2 aliphatic heterocycles. The number of hydrogen-bond donors (Lipinski definition) is 0. The topological polar surface area (TPSA) is 6.48 Å². The predicted molar refractivity (Wildman–Crippen MR) is 303 cm³/mol. The largest absolute Gasteiger partial charge is 0.311 e. The molecule has 3 unspecified atom stereocenters. The molecule has 0 amide bonds. The van der Waals surface area contributed by atoms with E-state index in [4.69, 9.17) is 0 Å². The number of hydrogen-bond acceptors (Lipinski definition) is 3. The zero-order valence-electron chi connectivity index (χ0n) is 43.8. The second-order valence-corrected chi connectivity index (χ2v) is 32.1. The van der Waals surface area contributed by atoms with Crippen molar-refractivity contribution in [3.05, 3.63) is 143 Å². The lowest BCUT2D eigenvalue weighted by atomic mass is 9.36. The number of nitrogens with zero attached hydrogens (tertiary/aromatic N) is 2. The summed E-state index contributed by atoms with van der Waals surface area (Å²) in [6.07, 6.45) is 5.27. The van der Waals surface area contributed by atoms with Gasteiger partial charge in [0.2, 0.25) is 0 Å². The van der Waals surface area contributed by atoms with Crippen molar-refractivity contribution >= 4 is 91.2 Å². The summed E-state index contributed by atoms with van der Waals surface area (Å²) in [5.41, 5.74) is 22.1. The van der Waals surface area contributed by atoms with Crippen molar-refractivity contribution < 1.29 is 0 Å². The zero-order valence-corrected chi connectivity index (χ0v) is 45.6. The van der Waals surface area contributed by atoms with Gasteiger partial charge in [-0.15, -0.1) is 11.3 Å². The zero-order chi connectivity index (χ0) is 48.2. The van der Waals surface area contributed by atoms with Crippen LogP contribution >= 0.6 is 11.3 Å². The van der Waals surface area contributed by atoms with E-state index >= 15 is 0 Å². The minimum atomic E-state index is -1.70. The van der Waals surface area contributed by atoms with Crippen LogP contribution in [0.1, 0.15) is 141 Å². The van der Waals surface area contributed by atoms with Crippen molar-refractivity contribution in [2.24, 2.45) is 5.92 Å². The molecule has 0 spiro atoms. The van der Waals surface area contributed by atoms with Crippen LogP contribution < -0.4 is 30.7 Å². The van der Waals surface area contributed by atoms with E-state index in [2.05, 4.69) is 233 Å². The minimum Gasteiger partial charge on any atom is -0.311 e. The highest BCUT2D eigenvalue weighted by Gasteiger charge is 2.48. The lowest BCUT2D eigenvalue weighted by Crippen LogP contribution is -2.60. The first kappa shape index (κ1) is 45.6. The maximum Gasteiger partial charge on any atom is 0.264 e. The third-order valence-electron chi connectivity index (χ3n) is 16.9. The van der Waals surface area contributed by atoms with E-state index in [0.717, 1.165) is 5.92 Å². The molecule has 4 aliphatic rings. The first-order valence-corrected chi connectivity index (χ1v) is 30.1. The van der Waals surface area contributed by atoms with Crippen molar-refractivity contribution in [3.8, 4) is 11.1 Å². The molecule has 11 rings (SSSR count). The van der Waals surface area contributed by atoms with Gasteiger partial charge in [-0.3, -0.25) is 0 Å². The fourth-order valence-corrected chi connectivity index (χ4v) is 15.2. The Balaban J connectivity index is 1.26. The van der Waals surface area contributed by atoms with E-state index in [9.17, 15) is 0 Å². The average molecular weight is 929 g/mol. The molecule has 348 valence electrons. The molecule has 5 heteroatoms. The van der Waals surface area contributed by atoms with E-state index in [0.29, 0.717) is 5.92 Å². The van der Waals surface area contributed by atoms with Crippen molar-refractivity contribution in [1.82, 2.24) is 0 Å². The van der Waals surface area contributed by atoms with Gasteiger partial charge in [-0.1, -0.05) is 168 Å². The van der Waals surface area contributed by atoms with Gasteiger partial charge in [0, 0.05) is 43.2 Å². The molecule has 3 atom stereocenters. The fraction of sp³-hybridized carbons (Fsp3) is 0.397. The molecule has 2 aliphatic carbocycles.